The molecule has 2 fully saturated rings. The number of carbonyl (C=O) groups excluding carboxylic acids is 1. The first kappa shape index (κ1) is 29.7. The van der Waals surface area contributed by atoms with Crippen molar-refractivity contribution in [2.75, 3.05) is 13.2 Å². The van der Waals surface area contributed by atoms with Gasteiger partial charge in [0.1, 0.15) is 6.10 Å². The zero-order valence-electron chi connectivity index (χ0n) is 21.3. The second-order valence-electron chi connectivity index (χ2n) is 10.2. The molecule has 0 radical (unpaired) electrons. The Labute approximate surface area is 208 Å². The fraction of sp³-hybridized carbons (Fsp3) is 0.846. The van der Waals surface area contributed by atoms with Crippen LogP contribution in [0.25, 0.3) is 0 Å². The zero-order chi connectivity index (χ0) is 26.0. The summed E-state index contributed by atoms with van der Waals surface area (Å²) in [5.41, 5.74) is 0.708. The summed E-state index contributed by atoms with van der Waals surface area (Å²) < 4.78 is 16.7. The first-order valence-corrected chi connectivity index (χ1v) is 13.0. The number of ether oxygens (including phenoxy) is 3. The van der Waals surface area contributed by atoms with Crippen LogP contribution in [-0.2, 0) is 23.8 Å². The van der Waals surface area contributed by atoms with Crippen molar-refractivity contribution in [2.24, 2.45) is 11.8 Å². The number of carboxylic acid groups (broad SMARTS) is 1. The van der Waals surface area contributed by atoms with E-state index in [-0.39, 0.29) is 30.5 Å². The monoisotopic (exact) mass is 500 g/mol. The number of carboxylic acids is 1. The lowest BCUT2D eigenvalue weighted by Gasteiger charge is -2.38. The minimum atomic E-state index is -1.06. The molecule has 0 spiro atoms. The van der Waals surface area contributed by atoms with Gasteiger partial charge in [0.25, 0.3) is 0 Å². The third-order valence-electron chi connectivity index (χ3n) is 7.09. The number of epoxide rings is 1. The molecule has 35 heavy (non-hydrogen) atoms. The Balaban J connectivity index is 1.62. The van der Waals surface area contributed by atoms with E-state index in [1.165, 1.54) is 6.08 Å². The van der Waals surface area contributed by atoms with Gasteiger partial charge in [0.2, 0.25) is 0 Å². The average molecular weight is 501 g/mol. The molecular formula is C26H44O9. The van der Waals surface area contributed by atoms with Crippen LogP contribution in [0.1, 0.15) is 78.6 Å². The van der Waals surface area contributed by atoms with Crippen molar-refractivity contribution in [1.82, 2.24) is 0 Å². The Morgan fingerprint density at radius 2 is 1.69 bits per heavy atom. The third kappa shape index (κ3) is 10.6. The van der Waals surface area contributed by atoms with Gasteiger partial charge >= 0.3 is 11.9 Å². The lowest BCUT2D eigenvalue weighted by atomic mass is 9.85. The first-order valence-electron chi connectivity index (χ1n) is 13.0. The number of rotatable bonds is 16. The summed E-state index contributed by atoms with van der Waals surface area (Å²) in [6.07, 6.45) is 4.61. The highest BCUT2D eigenvalue weighted by atomic mass is 16.6. The van der Waals surface area contributed by atoms with Crippen molar-refractivity contribution in [1.29, 1.82) is 0 Å². The maximum absolute atomic E-state index is 12.1. The van der Waals surface area contributed by atoms with E-state index in [0.29, 0.717) is 38.0 Å². The molecule has 2 rings (SSSR count). The molecule has 4 N–H and O–H groups in total. The van der Waals surface area contributed by atoms with Crippen LogP contribution >= 0.6 is 0 Å². The predicted octanol–water partition coefficient (Wildman–Crippen LogP) is 2.59. The van der Waals surface area contributed by atoms with E-state index >= 15 is 0 Å². The highest BCUT2D eigenvalue weighted by Crippen LogP contribution is 2.38. The molecule has 2 aliphatic rings. The van der Waals surface area contributed by atoms with Crippen molar-refractivity contribution in [3.05, 3.63) is 11.6 Å². The minimum Gasteiger partial charge on any atom is -0.481 e. The van der Waals surface area contributed by atoms with E-state index in [1.54, 1.807) is 13.8 Å². The number of aliphatic hydroxyl groups is 3. The van der Waals surface area contributed by atoms with E-state index in [1.807, 2.05) is 6.92 Å². The molecule has 0 aromatic heterocycles. The molecular weight excluding hydrogens is 456 g/mol. The Morgan fingerprint density at radius 1 is 1.03 bits per heavy atom. The maximum atomic E-state index is 12.1. The van der Waals surface area contributed by atoms with Gasteiger partial charge in [-0.05, 0) is 39.5 Å². The molecule has 1 unspecified atom stereocenters. The van der Waals surface area contributed by atoms with Gasteiger partial charge in [-0.3, -0.25) is 4.79 Å². The summed E-state index contributed by atoms with van der Waals surface area (Å²) in [6, 6.07) is 0. The Bertz CT molecular complexity index is 692. The summed E-state index contributed by atoms with van der Waals surface area (Å²) in [5.74, 6) is -1.42. The van der Waals surface area contributed by atoms with Gasteiger partial charge in [-0.1, -0.05) is 38.2 Å². The van der Waals surface area contributed by atoms with Crippen molar-refractivity contribution >= 4 is 11.9 Å². The quantitative estimate of drug-likeness (QED) is 0.109. The number of hydrogen-bond acceptors (Lipinski definition) is 8. The van der Waals surface area contributed by atoms with Gasteiger partial charge in [0, 0.05) is 24.3 Å². The number of unbranched alkanes of at least 4 members (excludes halogenated alkanes) is 5. The molecule has 0 aromatic carbocycles. The fourth-order valence-electron chi connectivity index (χ4n) is 4.59. The molecule has 9 heteroatoms. The lowest BCUT2D eigenvalue weighted by molar-refractivity contribution is -0.165. The Morgan fingerprint density at radius 3 is 2.34 bits per heavy atom. The van der Waals surface area contributed by atoms with Crippen LogP contribution in [0.15, 0.2) is 11.6 Å². The van der Waals surface area contributed by atoms with Gasteiger partial charge in [0.15, 0.2) is 0 Å². The van der Waals surface area contributed by atoms with E-state index in [2.05, 4.69) is 0 Å². The van der Waals surface area contributed by atoms with Gasteiger partial charge in [-0.15, -0.1) is 0 Å². The number of hydrogen-bond donors (Lipinski definition) is 4. The van der Waals surface area contributed by atoms with Crippen molar-refractivity contribution in [3.63, 3.8) is 0 Å². The highest BCUT2D eigenvalue weighted by molar-refractivity contribution is 5.82. The summed E-state index contributed by atoms with van der Waals surface area (Å²) in [4.78, 5) is 22.5. The first-order chi connectivity index (χ1) is 16.6. The fourth-order valence-corrected chi connectivity index (χ4v) is 4.59. The van der Waals surface area contributed by atoms with Gasteiger partial charge in [-0.25, -0.2) is 4.79 Å². The van der Waals surface area contributed by atoms with Gasteiger partial charge in [0.05, 0.1) is 43.7 Å². The third-order valence-corrected chi connectivity index (χ3v) is 7.09. The molecule has 0 bridgehead atoms. The smallest absolute Gasteiger partial charge is 0.330 e. The molecule has 2 heterocycles. The SMILES string of the molecule is C/C(=C\C(=O)OCCCCCCCCC(=O)O)C[C@@H]1OC[C@H](CC2O[C@H]2[C@@H](C)[C@H](C)O)[C@@H](O)[C@H]1O. The summed E-state index contributed by atoms with van der Waals surface area (Å²) in [6.45, 7) is 6.07. The summed E-state index contributed by atoms with van der Waals surface area (Å²) in [7, 11) is 0. The predicted molar refractivity (Wildman–Crippen MR) is 129 cm³/mol. The number of aliphatic hydroxyl groups excluding tert-OH is 3. The topological polar surface area (TPSA) is 146 Å². The Hall–Kier alpha value is -1.52. The van der Waals surface area contributed by atoms with Crippen LogP contribution in [0.5, 0.6) is 0 Å². The van der Waals surface area contributed by atoms with E-state index in [4.69, 9.17) is 19.3 Å². The van der Waals surface area contributed by atoms with Gasteiger partial charge < -0.3 is 34.6 Å². The molecule has 8 atom stereocenters. The number of aliphatic carboxylic acids is 1. The van der Waals surface area contributed by atoms with Gasteiger partial charge in [-0.2, -0.15) is 0 Å². The number of esters is 1. The van der Waals surface area contributed by atoms with Crippen molar-refractivity contribution in [2.45, 2.75) is 115 Å². The summed E-state index contributed by atoms with van der Waals surface area (Å²) in [5, 5.41) is 39.5. The highest BCUT2D eigenvalue weighted by Gasteiger charge is 2.48. The van der Waals surface area contributed by atoms with E-state index in [0.717, 1.165) is 32.1 Å². The van der Waals surface area contributed by atoms with E-state index in [9.17, 15) is 24.9 Å². The van der Waals surface area contributed by atoms with Crippen LogP contribution in [-0.4, -0.2) is 82.2 Å². The number of carbonyl (C=O) groups is 2. The molecule has 9 nitrogen and oxygen atoms in total. The summed E-state index contributed by atoms with van der Waals surface area (Å²) >= 11 is 0. The maximum Gasteiger partial charge on any atom is 0.330 e. The molecule has 0 amide bonds. The molecule has 0 aliphatic carbocycles. The van der Waals surface area contributed by atoms with Crippen molar-refractivity contribution in [3.8, 4) is 0 Å². The molecule has 2 saturated heterocycles. The largest absolute Gasteiger partial charge is 0.481 e. The van der Waals surface area contributed by atoms with Crippen LogP contribution < -0.4 is 0 Å². The standard InChI is InChI=1S/C26H44O9/c1-16(13-23(30)33-11-9-7-5-4-6-8-10-22(28)29)12-20-25(32)24(31)19(15-34-20)14-21-26(35-21)17(2)18(3)27/h13,17-21,24-27,31-32H,4-12,14-15H2,1-3H3,(H,28,29)/b16-13+/t17-,18-,19-,20-,21?,24+,25-,26-/m0/s1. The molecule has 202 valence electrons. The van der Waals surface area contributed by atoms with E-state index < -0.39 is 36.4 Å². The average Bonchev–Trinajstić information content (AvgIpc) is 3.55. The minimum absolute atomic E-state index is 0.0160. The molecule has 0 aromatic rings. The van der Waals surface area contributed by atoms with Crippen LogP contribution in [0.4, 0.5) is 0 Å². The Kier molecular flexibility index (Phi) is 12.6. The molecule has 0 saturated carbocycles. The van der Waals surface area contributed by atoms with Crippen LogP contribution in [0.3, 0.4) is 0 Å². The normalized spacial score (nSPS) is 30.5. The second kappa shape index (κ2) is 14.9. The molecule has 2 aliphatic heterocycles. The lowest BCUT2D eigenvalue weighted by Crippen LogP contribution is -2.50. The van der Waals surface area contributed by atoms with Crippen molar-refractivity contribution < 1.29 is 44.2 Å². The zero-order valence-corrected chi connectivity index (χ0v) is 21.3. The van der Waals surface area contributed by atoms with Crippen LogP contribution in [0, 0.1) is 11.8 Å². The van der Waals surface area contributed by atoms with Crippen LogP contribution in [0.2, 0.25) is 0 Å². The second-order valence-corrected chi connectivity index (χ2v) is 10.2.